The van der Waals surface area contributed by atoms with Crippen LogP contribution in [-0.4, -0.2) is 38.0 Å². The van der Waals surface area contributed by atoms with Crippen LogP contribution in [0, 0.1) is 6.92 Å². The standard InChI is InChI=1S/C27H22N2O7/c1-16-5-4-6-18(13-16)26(32)36-22-12-7-17(15-23(22)35-3)14-21-24(30)28-27(33)29(25(21)31)19-8-10-20(34-2)11-9-19/h4-15H,1-3H3,(H,28,30,33)/b21-14+. The van der Waals surface area contributed by atoms with Crippen LogP contribution in [0.25, 0.3) is 6.08 Å². The summed E-state index contributed by atoms with van der Waals surface area (Å²) in [4.78, 5) is 51.4. The molecule has 9 heteroatoms. The van der Waals surface area contributed by atoms with Gasteiger partial charge in [0.25, 0.3) is 11.8 Å². The summed E-state index contributed by atoms with van der Waals surface area (Å²) in [7, 11) is 2.90. The highest BCUT2D eigenvalue weighted by molar-refractivity contribution is 6.39. The average Bonchev–Trinajstić information content (AvgIpc) is 2.87. The maximum absolute atomic E-state index is 13.1. The number of ether oxygens (including phenoxy) is 3. The number of amides is 4. The minimum Gasteiger partial charge on any atom is -0.497 e. The number of methoxy groups -OCH3 is 2. The Kier molecular flexibility index (Phi) is 6.82. The molecular formula is C27H22N2O7. The Balaban J connectivity index is 1.61. The van der Waals surface area contributed by atoms with E-state index in [1.165, 1.54) is 44.6 Å². The first kappa shape index (κ1) is 24.2. The van der Waals surface area contributed by atoms with Gasteiger partial charge in [-0.15, -0.1) is 0 Å². The Bertz CT molecular complexity index is 1390. The van der Waals surface area contributed by atoms with Crippen molar-refractivity contribution in [3.8, 4) is 17.2 Å². The number of benzene rings is 3. The second-order valence-electron chi connectivity index (χ2n) is 7.83. The van der Waals surface area contributed by atoms with Crippen LogP contribution in [0.15, 0.2) is 72.3 Å². The number of nitrogens with one attached hydrogen (secondary N) is 1. The molecule has 4 rings (SSSR count). The summed E-state index contributed by atoms with van der Waals surface area (Å²) in [5, 5.41) is 2.17. The van der Waals surface area contributed by atoms with Crippen LogP contribution < -0.4 is 24.4 Å². The van der Waals surface area contributed by atoms with Crippen molar-refractivity contribution >= 4 is 35.6 Å². The number of esters is 1. The number of urea groups is 1. The second kappa shape index (κ2) is 10.1. The van der Waals surface area contributed by atoms with Crippen LogP contribution in [0.4, 0.5) is 10.5 Å². The van der Waals surface area contributed by atoms with E-state index in [0.717, 1.165) is 10.5 Å². The fourth-order valence-corrected chi connectivity index (χ4v) is 3.58. The number of carbonyl (C=O) groups excluding carboxylic acids is 4. The molecule has 0 atom stereocenters. The molecule has 4 amide bonds. The van der Waals surface area contributed by atoms with E-state index in [4.69, 9.17) is 14.2 Å². The van der Waals surface area contributed by atoms with Gasteiger partial charge in [-0.3, -0.25) is 14.9 Å². The zero-order valence-electron chi connectivity index (χ0n) is 19.7. The Morgan fingerprint density at radius 3 is 2.31 bits per heavy atom. The highest BCUT2D eigenvalue weighted by Crippen LogP contribution is 2.31. The minimum absolute atomic E-state index is 0.167. The number of nitrogens with zero attached hydrogens (tertiary/aromatic N) is 1. The summed E-state index contributed by atoms with van der Waals surface area (Å²) in [6, 6.07) is 16.9. The number of aryl methyl sites for hydroxylation is 1. The summed E-state index contributed by atoms with van der Waals surface area (Å²) in [6.07, 6.45) is 1.33. The molecule has 0 aliphatic carbocycles. The van der Waals surface area contributed by atoms with Crippen LogP contribution >= 0.6 is 0 Å². The molecule has 0 unspecified atom stereocenters. The summed E-state index contributed by atoms with van der Waals surface area (Å²) >= 11 is 0. The van der Waals surface area contributed by atoms with Gasteiger partial charge in [-0.25, -0.2) is 14.5 Å². The van der Waals surface area contributed by atoms with E-state index in [1.54, 1.807) is 36.4 Å². The SMILES string of the molecule is COc1ccc(N2C(=O)NC(=O)/C(=C\c3ccc(OC(=O)c4cccc(C)c4)c(OC)c3)C2=O)cc1. The Morgan fingerprint density at radius 1 is 0.889 bits per heavy atom. The second-order valence-corrected chi connectivity index (χ2v) is 7.83. The highest BCUT2D eigenvalue weighted by Gasteiger charge is 2.36. The molecule has 9 nitrogen and oxygen atoms in total. The number of hydrogen-bond donors (Lipinski definition) is 1. The molecule has 0 radical (unpaired) electrons. The molecule has 3 aromatic carbocycles. The molecule has 1 aliphatic heterocycles. The smallest absolute Gasteiger partial charge is 0.343 e. The lowest BCUT2D eigenvalue weighted by Gasteiger charge is -2.26. The molecule has 1 N–H and O–H groups in total. The van der Waals surface area contributed by atoms with Crippen LogP contribution in [0.2, 0.25) is 0 Å². The van der Waals surface area contributed by atoms with Gasteiger partial charge in [0.05, 0.1) is 25.5 Å². The van der Waals surface area contributed by atoms with Gasteiger partial charge in [-0.05, 0) is 67.1 Å². The zero-order chi connectivity index (χ0) is 25.8. The Morgan fingerprint density at radius 2 is 1.64 bits per heavy atom. The first-order valence-electron chi connectivity index (χ1n) is 10.8. The summed E-state index contributed by atoms with van der Waals surface area (Å²) in [6.45, 7) is 1.87. The highest BCUT2D eigenvalue weighted by atomic mass is 16.6. The topological polar surface area (TPSA) is 111 Å². The third kappa shape index (κ3) is 4.95. The van der Waals surface area contributed by atoms with E-state index in [9.17, 15) is 19.2 Å². The van der Waals surface area contributed by atoms with Gasteiger partial charge in [0.15, 0.2) is 11.5 Å². The molecule has 1 fully saturated rings. The molecule has 182 valence electrons. The van der Waals surface area contributed by atoms with Crippen molar-refractivity contribution in [2.45, 2.75) is 6.92 Å². The molecule has 0 aromatic heterocycles. The first-order chi connectivity index (χ1) is 17.3. The predicted octanol–water partition coefficient (Wildman–Crippen LogP) is 3.90. The Labute approximate surface area is 206 Å². The van der Waals surface area contributed by atoms with Gasteiger partial charge < -0.3 is 14.2 Å². The van der Waals surface area contributed by atoms with Gasteiger partial charge in [-0.1, -0.05) is 23.8 Å². The van der Waals surface area contributed by atoms with Gasteiger partial charge in [0, 0.05) is 0 Å². The van der Waals surface area contributed by atoms with Gasteiger partial charge in [0.2, 0.25) is 0 Å². The number of anilines is 1. The lowest BCUT2D eigenvalue weighted by atomic mass is 10.1. The fourth-order valence-electron chi connectivity index (χ4n) is 3.58. The minimum atomic E-state index is -0.858. The summed E-state index contributed by atoms with van der Waals surface area (Å²) < 4.78 is 15.9. The van der Waals surface area contributed by atoms with E-state index >= 15 is 0 Å². The van der Waals surface area contributed by atoms with Crippen molar-refractivity contribution in [1.29, 1.82) is 0 Å². The van der Waals surface area contributed by atoms with Crippen molar-refractivity contribution in [3.63, 3.8) is 0 Å². The molecular weight excluding hydrogens is 464 g/mol. The summed E-state index contributed by atoms with van der Waals surface area (Å²) in [5.41, 5.74) is 1.74. The summed E-state index contributed by atoms with van der Waals surface area (Å²) in [5.74, 6) is -1.24. The molecule has 3 aromatic rings. The van der Waals surface area contributed by atoms with Gasteiger partial charge in [0.1, 0.15) is 11.3 Å². The molecule has 1 heterocycles. The van der Waals surface area contributed by atoms with Crippen LogP contribution in [0.3, 0.4) is 0 Å². The molecule has 1 saturated heterocycles. The average molecular weight is 486 g/mol. The first-order valence-corrected chi connectivity index (χ1v) is 10.8. The van der Waals surface area contributed by atoms with E-state index in [1.807, 2.05) is 13.0 Å². The van der Waals surface area contributed by atoms with Crippen molar-refractivity contribution in [2.75, 3.05) is 19.1 Å². The molecule has 0 saturated carbocycles. The Hall–Kier alpha value is -4.92. The van der Waals surface area contributed by atoms with E-state index in [0.29, 0.717) is 16.9 Å². The quantitative estimate of drug-likeness (QED) is 0.243. The largest absolute Gasteiger partial charge is 0.497 e. The number of carbonyl (C=O) groups is 4. The van der Waals surface area contributed by atoms with Crippen molar-refractivity contribution in [2.24, 2.45) is 0 Å². The maximum atomic E-state index is 13.1. The van der Waals surface area contributed by atoms with Crippen LogP contribution in [0.5, 0.6) is 17.2 Å². The lowest BCUT2D eigenvalue weighted by molar-refractivity contribution is -0.122. The third-order valence-electron chi connectivity index (χ3n) is 5.39. The lowest BCUT2D eigenvalue weighted by Crippen LogP contribution is -2.54. The number of hydrogen-bond acceptors (Lipinski definition) is 7. The number of imide groups is 2. The van der Waals surface area contributed by atoms with E-state index in [2.05, 4.69) is 5.32 Å². The number of rotatable bonds is 6. The van der Waals surface area contributed by atoms with Gasteiger partial charge >= 0.3 is 12.0 Å². The van der Waals surface area contributed by atoms with Crippen molar-refractivity contribution < 1.29 is 33.4 Å². The van der Waals surface area contributed by atoms with Crippen molar-refractivity contribution in [3.05, 3.63) is 89.0 Å². The zero-order valence-corrected chi connectivity index (χ0v) is 19.7. The molecule has 0 spiro atoms. The third-order valence-corrected chi connectivity index (χ3v) is 5.39. The van der Waals surface area contributed by atoms with Crippen LogP contribution in [-0.2, 0) is 9.59 Å². The normalized spacial score (nSPS) is 14.5. The van der Waals surface area contributed by atoms with Crippen molar-refractivity contribution in [1.82, 2.24) is 5.32 Å². The van der Waals surface area contributed by atoms with Gasteiger partial charge in [-0.2, -0.15) is 0 Å². The molecule has 36 heavy (non-hydrogen) atoms. The van der Waals surface area contributed by atoms with E-state index in [-0.39, 0.29) is 22.8 Å². The number of barbiturate groups is 1. The predicted molar refractivity (Wildman–Crippen MR) is 131 cm³/mol. The molecule has 1 aliphatic rings. The van der Waals surface area contributed by atoms with Crippen LogP contribution in [0.1, 0.15) is 21.5 Å². The van der Waals surface area contributed by atoms with E-state index < -0.39 is 23.8 Å². The molecule has 0 bridgehead atoms. The maximum Gasteiger partial charge on any atom is 0.343 e. The fraction of sp³-hybridized carbons (Fsp3) is 0.111. The monoisotopic (exact) mass is 486 g/mol.